The van der Waals surface area contributed by atoms with Crippen LogP contribution in [0, 0.1) is 0 Å². The standard InChI is InChI=1S/C13H8ClF3O2/c14-11-8-3-7(6-1-2-6)4-9(13(15,16)17)12(8)19-10(11)5-18/h3-6H,1-2H2. The van der Waals surface area contributed by atoms with Gasteiger partial charge in [0, 0.05) is 5.39 Å². The molecular weight excluding hydrogens is 281 g/mol. The predicted octanol–water partition coefficient (Wildman–Crippen LogP) is 4.79. The second kappa shape index (κ2) is 4.00. The molecule has 1 fully saturated rings. The topological polar surface area (TPSA) is 30.2 Å². The molecule has 6 heteroatoms. The third kappa shape index (κ3) is 2.02. The summed E-state index contributed by atoms with van der Waals surface area (Å²) in [5.74, 6) is -0.119. The number of rotatable bonds is 2. The van der Waals surface area contributed by atoms with E-state index in [9.17, 15) is 18.0 Å². The monoisotopic (exact) mass is 288 g/mol. The molecule has 0 unspecified atom stereocenters. The second-order valence-corrected chi connectivity index (χ2v) is 4.99. The van der Waals surface area contributed by atoms with E-state index in [0.29, 0.717) is 11.8 Å². The van der Waals surface area contributed by atoms with Gasteiger partial charge in [-0.2, -0.15) is 13.2 Å². The number of aldehydes is 1. The van der Waals surface area contributed by atoms with E-state index in [2.05, 4.69) is 0 Å². The Morgan fingerprint density at radius 2 is 2.00 bits per heavy atom. The van der Waals surface area contributed by atoms with Gasteiger partial charge in [0.1, 0.15) is 5.58 Å². The fourth-order valence-electron chi connectivity index (χ4n) is 2.15. The maximum atomic E-state index is 13.0. The number of halogens is 4. The van der Waals surface area contributed by atoms with Crippen LogP contribution in [0.15, 0.2) is 16.5 Å². The summed E-state index contributed by atoms with van der Waals surface area (Å²) in [7, 11) is 0. The number of hydrogen-bond donors (Lipinski definition) is 0. The normalized spacial score (nSPS) is 16.0. The molecule has 0 spiro atoms. The minimum absolute atomic E-state index is 0.0574. The molecule has 0 N–H and O–H groups in total. The van der Waals surface area contributed by atoms with Gasteiger partial charge in [-0.05, 0) is 36.5 Å². The molecule has 3 rings (SSSR count). The fourth-order valence-corrected chi connectivity index (χ4v) is 2.37. The van der Waals surface area contributed by atoms with Crippen LogP contribution in [-0.2, 0) is 6.18 Å². The van der Waals surface area contributed by atoms with Crippen molar-refractivity contribution in [3.05, 3.63) is 34.0 Å². The summed E-state index contributed by atoms with van der Waals surface area (Å²) in [6.07, 6.45) is -2.47. The van der Waals surface area contributed by atoms with Gasteiger partial charge in [0.05, 0.1) is 10.6 Å². The largest absolute Gasteiger partial charge is 0.451 e. The van der Waals surface area contributed by atoms with Crippen molar-refractivity contribution in [2.24, 2.45) is 0 Å². The molecule has 19 heavy (non-hydrogen) atoms. The molecular formula is C13H8ClF3O2. The number of furan rings is 1. The number of benzene rings is 1. The predicted molar refractivity (Wildman–Crippen MR) is 63.6 cm³/mol. The number of carbonyl (C=O) groups excluding carboxylic acids is 1. The minimum Gasteiger partial charge on any atom is -0.451 e. The Morgan fingerprint density at radius 3 is 2.53 bits per heavy atom. The molecule has 0 aliphatic heterocycles. The highest BCUT2D eigenvalue weighted by atomic mass is 35.5. The molecule has 0 atom stereocenters. The molecule has 1 heterocycles. The lowest BCUT2D eigenvalue weighted by Gasteiger charge is -2.09. The molecule has 2 aromatic rings. The zero-order chi connectivity index (χ0) is 13.8. The van der Waals surface area contributed by atoms with Gasteiger partial charge in [-0.1, -0.05) is 11.6 Å². The van der Waals surface area contributed by atoms with Crippen LogP contribution in [0.25, 0.3) is 11.0 Å². The number of carbonyl (C=O) groups is 1. The summed E-state index contributed by atoms with van der Waals surface area (Å²) in [5, 5.41) is 0.0958. The average Bonchev–Trinajstić information content (AvgIpc) is 3.13. The van der Waals surface area contributed by atoms with Crippen molar-refractivity contribution in [1.29, 1.82) is 0 Å². The van der Waals surface area contributed by atoms with Crippen LogP contribution >= 0.6 is 11.6 Å². The molecule has 1 aromatic heterocycles. The summed E-state index contributed by atoms with van der Waals surface area (Å²) in [6.45, 7) is 0. The van der Waals surface area contributed by atoms with E-state index in [1.54, 1.807) is 6.07 Å². The summed E-state index contributed by atoms with van der Waals surface area (Å²) >= 11 is 5.88. The maximum absolute atomic E-state index is 13.0. The van der Waals surface area contributed by atoms with E-state index in [0.717, 1.165) is 18.9 Å². The number of hydrogen-bond acceptors (Lipinski definition) is 2. The fraction of sp³-hybridized carbons (Fsp3) is 0.308. The molecule has 100 valence electrons. The van der Waals surface area contributed by atoms with Gasteiger partial charge >= 0.3 is 6.18 Å². The Kier molecular flexibility index (Phi) is 2.64. The van der Waals surface area contributed by atoms with Gasteiger partial charge < -0.3 is 4.42 Å². The zero-order valence-electron chi connectivity index (χ0n) is 9.55. The molecule has 0 amide bonds. The van der Waals surface area contributed by atoms with Gasteiger partial charge in [-0.25, -0.2) is 0 Å². The summed E-state index contributed by atoms with van der Waals surface area (Å²) in [5.41, 5.74) is -0.647. The summed E-state index contributed by atoms with van der Waals surface area (Å²) in [4.78, 5) is 10.7. The third-order valence-electron chi connectivity index (χ3n) is 3.24. The Labute approximate surface area is 111 Å². The van der Waals surface area contributed by atoms with E-state index < -0.39 is 11.7 Å². The summed E-state index contributed by atoms with van der Waals surface area (Å²) < 4.78 is 44.0. The first-order valence-electron chi connectivity index (χ1n) is 5.70. The third-order valence-corrected chi connectivity index (χ3v) is 3.63. The van der Waals surface area contributed by atoms with Crippen molar-refractivity contribution < 1.29 is 22.4 Å². The lowest BCUT2D eigenvalue weighted by molar-refractivity contribution is -0.136. The highest BCUT2D eigenvalue weighted by Gasteiger charge is 2.37. The van der Waals surface area contributed by atoms with Gasteiger partial charge in [-0.15, -0.1) is 0 Å². The van der Waals surface area contributed by atoms with Crippen LogP contribution in [0.5, 0.6) is 0 Å². The highest BCUT2D eigenvalue weighted by Crippen LogP contribution is 2.46. The molecule has 1 aliphatic carbocycles. The first kappa shape index (κ1) is 12.5. The Balaban J connectivity index is 2.34. The van der Waals surface area contributed by atoms with Crippen molar-refractivity contribution >= 4 is 28.9 Å². The smallest absolute Gasteiger partial charge is 0.420 e. The molecule has 0 saturated heterocycles. The van der Waals surface area contributed by atoms with Crippen molar-refractivity contribution in [2.75, 3.05) is 0 Å². The van der Waals surface area contributed by atoms with E-state index >= 15 is 0 Å². The van der Waals surface area contributed by atoms with Gasteiger partial charge in [0.25, 0.3) is 0 Å². The first-order valence-corrected chi connectivity index (χ1v) is 6.08. The van der Waals surface area contributed by atoms with Crippen molar-refractivity contribution in [3.63, 3.8) is 0 Å². The Morgan fingerprint density at radius 1 is 1.32 bits per heavy atom. The minimum atomic E-state index is -4.54. The van der Waals surface area contributed by atoms with Crippen LogP contribution in [0.3, 0.4) is 0 Å². The first-order chi connectivity index (χ1) is 8.91. The molecule has 1 aromatic carbocycles. The Bertz CT molecular complexity index is 669. The molecule has 2 nitrogen and oxygen atoms in total. The lowest BCUT2D eigenvalue weighted by atomic mass is 10.0. The van der Waals surface area contributed by atoms with Crippen LogP contribution in [0.4, 0.5) is 13.2 Å². The number of fused-ring (bicyclic) bond motifs is 1. The molecule has 0 radical (unpaired) electrons. The highest BCUT2D eigenvalue weighted by molar-refractivity contribution is 6.37. The van der Waals surface area contributed by atoms with Crippen molar-refractivity contribution in [1.82, 2.24) is 0 Å². The zero-order valence-corrected chi connectivity index (χ0v) is 10.3. The number of alkyl halides is 3. The van der Waals surface area contributed by atoms with Crippen LogP contribution in [0.1, 0.15) is 40.4 Å². The van der Waals surface area contributed by atoms with E-state index in [4.69, 9.17) is 16.0 Å². The second-order valence-electron chi connectivity index (χ2n) is 4.62. The van der Waals surface area contributed by atoms with E-state index in [1.165, 1.54) is 0 Å². The summed E-state index contributed by atoms with van der Waals surface area (Å²) in [6, 6.07) is 2.68. The molecule has 0 bridgehead atoms. The van der Waals surface area contributed by atoms with Crippen molar-refractivity contribution in [3.8, 4) is 0 Å². The molecule has 1 saturated carbocycles. The maximum Gasteiger partial charge on any atom is 0.420 e. The lowest BCUT2D eigenvalue weighted by Crippen LogP contribution is -2.06. The van der Waals surface area contributed by atoms with Gasteiger partial charge in [-0.3, -0.25) is 4.79 Å². The quantitative estimate of drug-likeness (QED) is 0.743. The van der Waals surface area contributed by atoms with Crippen molar-refractivity contribution in [2.45, 2.75) is 24.9 Å². The van der Waals surface area contributed by atoms with Crippen LogP contribution < -0.4 is 0 Å². The van der Waals surface area contributed by atoms with E-state index in [1.807, 2.05) is 0 Å². The van der Waals surface area contributed by atoms with Crippen LogP contribution in [-0.4, -0.2) is 6.29 Å². The van der Waals surface area contributed by atoms with Gasteiger partial charge in [0.2, 0.25) is 0 Å². The van der Waals surface area contributed by atoms with E-state index in [-0.39, 0.29) is 27.7 Å². The van der Waals surface area contributed by atoms with Gasteiger partial charge in [0.15, 0.2) is 12.0 Å². The SMILES string of the molecule is O=Cc1oc2c(C(F)(F)F)cc(C3CC3)cc2c1Cl. The van der Waals surface area contributed by atoms with Crippen LogP contribution in [0.2, 0.25) is 5.02 Å². The Hall–Kier alpha value is -1.49. The average molecular weight is 289 g/mol. The molecule has 1 aliphatic rings.